The Labute approximate surface area is 145 Å². The number of carbonyl (C=O) groups is 1. The van der Waals surface area contributed by atoms with Crippen LogP contribution in [0.3, 0.4) is 0 Å². The van der Waals surface area contributed by atoms with Crippen molar-refractivity contribution in [3.05, 3.63) is 23.3 Å². The van der Waals surface area contributed by atoms with Gasteiger partial charge >= 0.3 is 0 Å². The molecule has 0 bridgehead atoms. The molecule has 2 rings (SSSR count). The minimum atomic E-state index is -0.702. The first-order chi connectivity index (χ1) is 11.3. The third-order valence-electron chi connectivity index (χ3n) is 4.83. The van der Waals surface area contributed by atoms with E-state index in [0.717, 1.165) is 48.2 Å². The number of nitrogens with one attached hydrogen (secondary N) is 1. The molecule has 4 heteroatoms. The number of hydrogen-bond donors (Lipinski definition) is 1. The zero-order valence-corrected chi connectivity index (χ0v) is 15.9. The fourth-order valence-electron chi connectivity index (χ4n) is 3.68. The zero-order chi connectivity index (χ0) is 17.9. The van der Waals surface area contributed by atoms with Crippen LogP contribution in [0.15, 0.2) is 12.1 Å². The Morgan fingerprint density at radius 2 is 1.92 bits per heavy atom. The highest BCUT2D eigenvalue weighted by Gasteiger charge is 2.42. The van der Waals surface area contributed by atoms with Crippen molar-refractivity contribution in [3.63, 3.8) is 0 Å². The number of ether oxygens (including phenoxy) is 2. The molecule has 1 N–H and O–H groups in total. The number of anilines is 1. The Balaban J connectivity index is 2.19. The summed E-state index contributed by atoms with van der Waals surface area (Å²) in [4.78, 5) is 12.9. The number of carbonyl (C=O) groups excluding carboxylic acids is 1. The summed E-state index contributed by atoms with van der Waals surface area (Å²) < 4.78 is 11.6. The first-order valence-electron chi connectivity index (χ1n) is 8.92. The molecule has 2 atom stereocenters. The monoisotopic (exact) mass is 333 g/mol. The summed E-state index contributed by atoms with van der Waals surface area (Å²) in [5.74, 6) is 1.37. The summed E-state index contributed by atoms with van der Waals surface area (Å²) in [6.45, 7) is 10.2. The number of amides is 1. The zero-order valence-electron chi connectivity index (χ0n) is 15.9. The topological polar surface area (TPSA) is 47.6 Å². The van der Waals surface area contributed by atoms with Crippen molar-refractivity contribution in [2.24, 2.45) is 5.92 Å². The lowest BCUT2D eigenvalue weighted by molar-refractivity contribution is -0.143. The van der Waals surface area contributed by atoms with E-state index >= 15 is 0 Å². The van der Waals surface area contributed by atoms with Crippen LogP contribution in [0.25, 0.3) is 0 Å². The highest BCUT2D eigenvalue weighted by Crippen LogP contribution is 2.36. The number of aryl methyl sites for hydroxylation is 2. The molecule has 0 spiro atoms. The van der Waals surface area contributed by atoms with Gasteiger partial charge in [-0.05, 0) is 76.1 Å². The molecule has 1 aromatic rings. The molecule has 1 aliphatic carbocycles. The summed E-state index contributed by atoms with van der Waals surface area (Å²) in [5.41, 5.74) is 2.16. The van der Waals surface area contributed by atoms with Gasteiger partial charge in [0.1, 0.15) is 11.4 Å². The largest absolute Gasteiger partial charge is 0.490 e. The van der Waals surface area contributed by atoms with Crippen molar-refractivity contribution < 1.29 is 14.3 Å². The molecule has 24 heavy (non-hydrogen) atoms. The SMILES string of the molecule is CO[C@@]1(C(=O)Nc2cc(C)c(OC(C)C)c(C)c2)CCC[C@@H](C)C1. The van der Waals surface area contributed by atoms with E-state index in [2.05, 4.69) is 12.2 Å². The Morgan fingerprint density at radius 1 is 1.29 bits per heavy atom. The first-order valence-corrected chi connectivity index (χ1v) is 8.92. The molecule has 1 fully saturated rings. The average Bonchev–Trinajstić information content (AvgIpc) is 2.50. The molecule has 0 unspecified atom stereocenters. The van der Waals surface area contributed by atoms with Gasteiger partial charge < -0.3 is 14.8 Å². The van der Waals surface area contributed by atoms with Crippen LogP contribution in [0, 0.1) is 19.8 Å². The molecular formula is C20H31NO3. The second-order valence-corrected chi connectivity index (χ2v) is 7.46. The lowest BCUT2D eigenvalue weighted by atomic mass is 9.78. The molecule has 0 aliphatic heterocycles. The second kappa shape index (κ2) is 7.56. The van der Waals surface area contributed by atoms with Crippen LogP contribution in [-0.4, -0.2) is 24.7 Å². The van der Waals surface area contributed by atoms with Crippen molar-refractivity contribution in [1.29, 1.82) is 0 Å². The number of methoxy groups -OCH3 is 1. The van der Waals surface area contributed by atoms with Crippen molar-refractivity contribution in [2.75, 3.05) is 12.4 Å². The van der Waals surface area contributed by atoms with E-state index in [4.69, 9.17) is 9.47 Å². The Morgan fingerprint density at radius 3 is 2.42 bits per heavy atom. The minimum absolute atomic E-state index is 0.0344. The van der Waals surface area contributed by atoms with E-state index in [1.165, 1.54) is 0 Å². The van der Waals surface area contributed by atoms with Crippen LogP contribution in [0.5, 0.6) is 5.75 Å². The maximum Gasteiger partial charge on any atom is 0.256 e. The molecule has 134 valence electrons. The van der Waals surface area contributed by atoms with E-state index in [1.807, 2.05) is 39.8 Å². The maximum atomic E-state index is 12.9. The number of benzene rings is 1. The standard InChI is InChI=1S/C20H31NO3/c1-13(2)24-18-15(4)10-17(11-16(18)5)21-19(22)20(23-6)9-7-8-14(3)12-20/h10-11,13-14H,7-9,12H2,1-6H3,(H,21,22)/t14-,20+/m1/s1. The molecule has 4 nitrogen and oxygen atoms in total. The lowest BCUT2D eigenvalue weighted by Crippen LogP contribution is -2.47. The molecule has 0 aromatic heterocycles. The highest BCUT2D eigenvalue weighted by molar-refractivity contribution is 5.97. The summed E-state index contributed by atoms with van der Waals surface area (Å²) in [7, 11) is 1.65. The lowest BCUT2D eigenvalue weighted by Gasteiger charge is -2.37. The molecule has 1 aromatic carbocycles. The fraction of sp³-hybridized carbons (Fsp3) is 0.650. The predicted molar refractivity (Wildman–Crippen MR) is 97.7 cm³/mol. The van der Waals surface area contributed by atoms with Crippen LogP contribution in [0.4, 0.5) is 5.69 Å². The van der Waals surface area contributed by atoms with Crippen molar-refractivity contribution in [3.8, 4) is 5.75 Å². The van der Waals surface area contributed by atoms with E-state index in [9.17, 15) is 4.79 Å². The molecule has 1 amide bonds. The molecule has 1 aliphatic rings. The molecule has 0 heterocycles. The maximum absolute atomic E-state index is 12.9. The molecule has 1 saturated carbocycles. The van der Waals surface area contributed by atoms with Crippen LogP contribution in [0.2, 0.25) is 0 Å². The van der Waals surface area contributed by atoms with Gasteiger partial charge in [-0.25, -0.2) is 0 Å². The third kappa shape index (κ3) is 4.10. The van der Waals surface area contributed by atoms with Crippen LogP contribution in [-0.2, 0) is 9.53 Å². The molecular weight excluding hydrogens is 302 g/mol. The average molecular weight is 333 g/mol. The molecule has 0 radical (unpaired) electrons. The van der Waals surface area contributed by atoms with Gasteiger partial charge in [-0.3, -0.25) is 4.79 Å². The van der Waals surface area contributed by atoms with Crippen LogP contribution < -0.4 is 10.1 Å². The van der Waals surface area contributed by atoms with E-state index in [0.29, 0.717) is 5.92 Å². The second-order valence-electron chi connectivity index (χ2n) is 7.46. The van der Waals surface area contributed by atoms with E-state index < -0.39 is 5.60 Å². The Kier molecular flexibility index (Phi) is 5.92. The minimum Gasteiger partial charge on any atom is -0.490 e. The number of hydrogen-bond acceptors (Lipinski definition) is 3. The Hall–Kier alpha value is -1.55. The van der Waals surface area contributed by atoms with Crippen molar-refractivity contribution >= 4 is 11.6 Å². The summed E-state index contributed by atoms with van der Waals surface area (Å²) in [6, 6.07) is 3.94. The van der Waals surface area contributed by atoms with Gasteiger partial charge in [0.25, 0.3) is 5.91 Å². The normalized spacial score (nSPS) is 24.0. The molecule has 0 saturated heterocycles. The third-order valence-corrected chi connectivity index (χ3v) is 4.83. The van der Waals surface area contributed by atoms with Gasteiger partial charge in [0, 0.05) is 12.8 Å². The van der Waals surface area contributed by atoms with Gasteiger partial charge in [-0.1, -0.05) is 13.3 Å². The highest BCUT2D eigenvalue weighted by atomic mass is 16.5. The summed E-state index contributed by atoms with van der Waals surface area (Å²) in [6.07, 6.45) is 3.89. The van der Waals surface area contributed by atoms with Gasteiger partial charge in [-0.2, -0.15) is 0 Å². The fourth-order valence-corrected chi connectivity index (χ4v) is 3.68. The van der Waals surface area contributed by atoms with Gasteiger partial charge in [0.15, 0.2) is 0 Å². The quantitative estimate of drug-likeness (QED) is 0.855. The first kappa shape index (κ1) is 18.8. The van der Waals surface area contributed by atoms with Crippen LogP contribution >= 0.6 is 0 Å². The van der Waals surface area contributed by atoms with Gasteiger partial charge in [0.05, 0.1) is 6.10 Å². The van der Waals surface area contributed by atoms with Crippen molar-refractivity contribution in [1.82, 2.24) is 0 Å². The van der Waals surface area contributed by atoms with Gasteiger partial charge in [-0.15, -0.1) is 0 Å². The number of rotatable bonds is 5. The summed E-state index contributed by atoms with van der Waals surface area (Å²) >= 11 is 0. The van der Waals surface area contributed by atoms with E-state index in [-0.39, 0.29) is 12.0 Å². The summed E-state index contributed by atoms with van der Waals surface area (Å²) in [5, 5.41) is 3.07. The smallest absolute Gasteiger partial charge is 0.256 e. The van der Waals surface area contributed by atoms with E-state index in [1.54, 1.807) is 7.11 Å². The van der Waals surface area contributed by atoms with Gasteiger partial charge in [0.2, 0.25) is 0 Å². The van der Waals surface area contributed by atoms with Crippen LogP contribution in [0.1, 0.15) is 57.6 Å². The Bertz CT molecular complexity index is 574. The predicted octanol–water partition coefficient (Wildman–Crippen LogP) is 4.62. The van der Waals surface area contributed by atoms with Crippen molar-refractivity contribution in [2.45, 2.75) is 72.0 Å².